The van der Waals surface area contributed by atoms with E-state index in [1.807, 2.05) is 30.7 Å². The molecule has 0 atom stereocenters. The van der Waals surface area contributed by atoms with Crippen LogP contribution in [0.3, 0.4) is 0 Å². The van der Waals surface area contributed by atoms with Crippen LogP contribution in [0.1, 0.15) is 23.9 Å². The Balaban J connectivity index is 2.36. The highest BCUT2D eigenvalue weighted by molar-refractivity contribution is 7.89. The molecule has 0 fully saturated rings. The Bertz CT molecular complexity index is 751. The smallest absolute Gasteiger partial charge is 0.241 e. The molecule has 6 nitrogen and oxygen atoms in total. The van der Waals surface area contributed by atoms with Crippen molar-refractivity contribution in [1.29, 1.82) is 0 Å². The standard InChI is InChI=1S/C14H19N3O3S/c1-4-17-6-5-16-13(17)9-20-14-11(3)7-10(2)8-12(14)21(15,18)19/h5-8H,4,9H2,1-3H3,(H2,15,18,19). The van der Waals surface area contributed by atoms with Gasteiger partial charge in [0.05, 0.1) is 0 Å². The first kappa shape index (κ1) is 15.5. The van der Waals surface area contributed by atoms with Crippen molar-refractivity contribution in [2.75, 3.05) is 0 Å². The van der Waals surface area contributed by atoms with Crippen molar-refractivity contribution >= 4 is 10.0 Å². The number of aryl methyl sites for hydroxylation is 3. The molecule has 2 N–H and O–H groups in total. The number of imidazole rings is 1. The second-order valence-electron chi connectivity index (χ2n) is 4.87. The summed E-state index contributed by atoms with van der Waals surface area (Å²) in [5, 5.41) is 5.27. The van der Waals surface area contributed by atoms with Crippen molar-refractivity contribution in [3.63, 3.8) is 0 Å². The third-order valence-electron chi connectivity index (χ3n) is 3.18. The van der Waals surface area contributed by atoms with E-state index < -0.39 is 10.0 Å². The molecule has 0 spiro atoms. The van der Waals surface area contributed by atoms with Crippen LogP contribution in [0.2, 0.25) is 0 Å². The number of sulfonamides is 1. The number of rotatable bonds is 5. The first-order valence-corrected chi connectivity index (χ1v) is 8.14. The molecule has 0 saturated carbocycles. The highest BCUT2D eigenvalue weighted by Gasteiger charge is 2.18. The summed E-state index contributed by atoms with van der Waals surface area (Å²) in [7, 11) is -3.84. The van der Waals surface area contributed by atoms with Gasteiger partial charge in [-0.25, -0.2) is 18.5 Å². The monoisotopic (exact) mass is 309 g/mol. The Kier molecular flexibility index (Phi) is 4.34. The summed E-state index contributed by atoms with van der Waals surface area (Å²) in [4.78, 5) is 4.21. The van der Waals surface area contributed by atoms with Crippen molar-refractivity contribution in [1.82, 2.24) is 9.55 Å². The quantitative estimate of drug-likeness (QED) is 0.911. The van der Waals surface area contributed by atoms with Gasteiger partial charge in [-0.3, -0.25) is 0 Å². The lowest BCUT2D eigenvalue weighted by molar-refractivity contribution is 0.280. The minimum atomic E-state index is -3.84. The summed E-state index contributed by atoms with van der Waals surface area (Å²) in [6.07, 6.45) is 3.53. The van der Waals surface area contributed by atoms with E-state index in [1.165, 1.54) is 6.07 Å². The Hall–Kier alpha value is -1.86. The van der Waals surface area contributed by atoms with Crippen LogP contribution in [0.4, 0.5) is 0 Å². The molecule has 1 aromatic heterocycles. The van der Waals surface area contributed by atoms with E-state index in [9.17, 15) is 8.42 Å². The number of nitrogens with zero attached hydrogens (tertiary/aromatic N) is 2. The third-order valence-corrected chi connectivity index (χ3v) is 4.10. The summed E-state index contributed by atoms with van der Waals surface area (Å²) >= 11 is 0. The topological polar surface area (TPSA) is 87.2 Å². The maximum Gasteiger partial charge on any atom is 0.241 e. The number of ether oxygens (including phenoxy) is 1. The molecule has 2 rings (SSSR count). The summed E-state index contributed by atoms with van der Waals surface area (Å²) in [5.74, 6) is 1.02. The van der Waals surface area contributed by atoms with Gasteiger partial charge in [-0.05, 0) is 38.0 Å². The predicted octanol–water partition coefficient (Wildman–Crippen LogP) is 1.75. The minimum absolute atomic E-state index is 0.00889. The SMILES string of the molecule is CCn1ccnc1COc1c(C)cc(C)cc1S(N)(=O)=O. The zero-order valence-electron chi connectivity index (χ0n) is 12.3. The van der Waals surface area contributed by atoms with E-state index in [0.29, 0.717) is 0 Å². The van der Waals surface area contributed by atoms with Gasteiger partial charge in [-0.1, -0.05) is 6.07 Å². The molecule has 0 aliphatic rings. The van der Waals surface area contributed by atoms with Gasteiger partial charge in [-0.2, -0.15) is 0 Å². The molecule has 0 radical (unpaired) electrons. The lowest BCUT2D eigenvalue weighted by Crippen LogP contribution is -2.15. The molecule has 0 bridgehead atoms. The Labute approximate surface area is 124 Å². The second kappa shape index (κ2) is 5.87. The number of nitrogens with two attached hydrogens (primary N) is 1. The van der Waals surface area contributed by atoms with Gasteiger partial charge >= 0.3 is 0 Å². The van der Waals surface area contributed by atoms with Crippen LogP contribution in [-0.4, -0.2) is 18.0 Å². The number of hydrogen-bond acceptors (Lipinski definition) is 4. The molecular formula is C14H19N3O3S. The van der Waals surface area contributed by atoms with Crippen molar-refractivity contribution in [2.45, 2.75) is 38.8 Å². The van der Waals surface area contributed by atoms with Gasteiger partial charge < -0.3 is 9.30 Å². The largest absolute Gasteiger partial charge is 0.484 e. The zero-order valence-corrected chi connectivity index (χ0v) is 13.1. The zero-order chi connectivity index (χ0) is 15.6. The van der Waals surface area contributed by atoms with E-state index in [0.717, 1.165) is 23.5 Å². The van der Waals surface area contributed by atoms with Gasteiger partial charge in [0.1, 0.15) is 23.1 Å². The van der Waals surface area contributed by atoms with Gasteiger partial charge in [-0.15, -0.1) is 0 Å². The molecule has 0 saturated heterocycles. The van der Waals surface area contributed by atoms with E-state index >= 15 is 0 Å². The molecule has 0 aliphatic heterocycles. The number of hydrogen-bond donors (Lipinski definition) is 1. The number of benzene rings is 1. The van der Waals surface area contributed by atoms with Crippen LogP contribution in [-0.2, 0) is 23.2 Å². The van der Waals surface area contributed by atoms with Crippen LogP contribution >= 0.6 is 0 Å². The van der Waals surface area contributed by atoms with E-state index in [-0.39, 0.29) is 17.3 Å². The molecule has 0 unspecified atom stereocenters. The molecule has 2 aromatic rings. The first-order valence-electron chi connectivity index (χ1n) is 6.59. The molecule has 1 aromatic carbocycles. The Morgan fingerprint density at radius 3 is 2.67 bits per heavy atom. The third kappa shape index (κ3) is 3.43. The fraction of sp³-hybridized carbons (Fsp3) is 0.357. The lowest BCUT2D eigenvalue weighted by atomic mass is 10.1. The maximum atomic E-state index is 11.7. The second-order valence-corrected chi connectivity index (χ2v) is 6.40. The summed E-state index contributed by atoms with van der Waals surface area (Å²) in [6.45, 7) is 6.57. The van der Waals surface area contributed by atoms with Crippen molar-refractivity contribution in [2.24, 2.45) is 5.14 Å². The van der Waals surface area contributed by atoms with Crippen LogP contribution in [0.15, 0.2) is 29.4 Å². The Morgan fingerprint density at radius 2 is 2.05 bits per heavy atom. The molecule has 7 heteroatoms. The van der Waals surface area contributed by atoms with Crippen LogP contribution in [0.25, 0.3) is 0 Å². The van der Waals surface area contributed by atoms with Gasteiger partial charge in [0.25, 0.3) is 0 Å². The van der Waals surface area contributed by atoms with Crippen LogP contribution < -0.4 is 9.88 Å². The lowest BCUT2D eigenvalue weighted by Gasteiger charge is -2.14. The maximum absolute atomic E-state index is 11.7. The molecule has 0 amide bonds. The van der Waals surface area contributed by atoms with Gasteiger partial charge in [0, 0.05) is 18.9 Å². The van der Waals surface area contributed by atoms with Gasteiger partial charge in [0.15, 0.2) is 0 Å². The fourth-order valence-electron chi connectivity index (χ4n) is 2.22. The van der Waals surface area contributed by atoms with E-state index in [4.69, 9.17) is 9.88 Å². The predicted molar refractivity (Wildman–Crippen MR) is 79.5 cm³/mol. The summed E-state index contributed by atoms with van der Waals surface area (Å²) < 4.78 is 31.1. The minimum Gasteiger partial charge on any atom is -0.484 e. The normalized spacial score (nSPS) is 11.6. The fourth-order valence-corrected chi connectivity index (χ4v) is 3.05. The first-order chi connectivity index (χ1) is 9.82. The average molecular weight is 309 g/mol. The van der Waals surface area contributed by atoms with Crippen molar-refractivity contribution in [3.8, 4) is 5.75 Å². The van der Waals surface area contributed by atoms with E-state index in [2.05, 4.69) is 4.98 Å². The van der Waals surface area contributed by atoms with Crippen LogP contribution in [0.5, 0.6) is 5.75 Å². The highest BCUT2D eigenvalue weighted by atomic mass is 32.2. The average Bonchev–Trinajstić information content (AvgIpc) is 2.83. The van der Waals surface area contributed by atoms with Crippen LogP contribution in [0, 0.1) is 13.8 Å². The summed E-state index contributed by atoms with van der Waals surface area (Å²) in [6, 6.07) is 3.38. The van der Waals surface area contributed by atoms with Gasteiger partial charge in [0.2, 0.25) is 10.0 Å². The molecular weight excluding hydrogens is 290 g/mol. The summed E-state index contributed by atoms with van der Waals surface area (Å²) in [5.41, 5.74) is 1.55. The molecule has 21 heavy (non-hydrogen) atoms. The molecule has 0 aliphatic carbocycles. The van der Waals surface area contributed by atoms with Crippen molar-refractivity contribution < 1.29 is 13.2 Å². The number of primary sulfonamides is 1. The number of aromatic nitrogens is 2. The van der Waals surface area contributed by atoms with E-state index in [1.54, 1.807) is 13.1 Å². The molecule has 114 valence electrons. The van der Waals surface area contributed by atoms with Crippen molar-refractivity contribution in [3.05, 3.63) is 41.5 Å². The molecule has 1 heterocycles. The Morgan fingerprint density at radius 1 is 1.33 bits per heavy atom. The highest BCUT2D eigenvalue weighted by Crippen LogP contribution is 2.29.